The maximum atomic E-state index is 14.5. The van der Waals surface area contributed by atoms with Crippen LogP contribution in [0.3, 0.4) is 0 Å². The first-order valence-corrected chi connectivity index (χ1v) is 12.0. The van der Waals surface area contributed by atoms with Crippen molar-refractivity contribution >= 4 is 15.9 Å². The van der Waals surface area contributed by atoms with Gasteiger partial charge >= 0.3 is 0 Å². The van der Waals surface area contributed by atoms with Crippen molar-refractivity contribution in [2.45, 2.75) is 30.2 Å². The van der Waals surface area contributed by atoms with Gasteiger partial charge in [-0.2, -0.15) is 4.31 Å². The van der Waals surface area contributed by atoms with E-state index in [0.29, 0.717) is 37.3 Å². The lowest BCUT2D eigenvalue weighted by Gasteiger charge is -2.26. The first-order valence-electron chi connectivity index (χ1n) is 10.6. The highest BCUT2D eigenvalue weighted by Crippen LogP contribution is 2.25. The third-order valence-corrected chi connectivity index (χ3v) is 7.64. The summed E-state index contributed by atoms with van der Waals surface area (Å²) in [5.74, 6) is -1.44. The summed E-state index contributed by atoms with van der Waals surface area (Å²) in [5, 5.41) is 2.81. The van der Waals surface area contributed by atoms with E-state index in [-0.39, 0.29) is 5.56 Å². The second-order valence-corrected chi connectivity index (χ2v) is 9.87. The zero-order valence-corrected chi connectivity index (χ0v) is 18.9. The van der Waals surface area contributed by atoms with E-state index in [9.17, 15) is 22.0 Å². The summed E-state index contributed by atoms with van der Waals surface area (Å²) in [6.45, 7) is 0.647. The topological polar surface area (TPSA) is 84.3 Å². The number of halogens is 2. The molecule has 4 rings (SSSR count). The number of aromatic nitrogens is 2. The molecular formula is C23H24F2N4O3S. The Hall–Kier alpha value is -3.11. The summed E-state index contributed by atoms with van der Waals surface area (Å²) >= 11 is 0. The summed E-state index contributed by atoms with van der Waals surface area (Å²) in [6.07, 6.45) is 5.63. The first kappa shape index (κ1) is 23.1. The largest absolute Gasteiger partial charge is 0.338 e. The molecule has 33 heavy (non-hydrogen) atoms. The minimum atomic E-state index is -4.06. The van der Waals surface area contributed by atoms with Crippen molar-refractivity contribution in [2.24, 2.45) is 7.05 Å². The summed E-state index contributed by atoms with van der Waals surface area (Å²) in [4.78, 5) is 16.9. The number of carbonyl (C=O) groups excluding carboxylic acids is 1. The fraction of sp³-hybridized carbons (Fsp3) is 0.304. The van der Waals surface area contributed by atoms with Gasteiger partial charge in [-0.05, 0) is 48.7 Å². The molecule has 0 bridgehead atoms. The van der Waals surface area contributed by atoms with E-state index < -0.39 is 38.5 Å². The molecule has 1 aromatic heterocycles. The molecule has 10 heteroatoms. The smallest absolute Gasteiger partial charge is 0.252 e. The van der Waals surface area contributed by atoms with E-state index in [2.05, 4.69) is 10.3 Å². The number of carbonyl (C=O) groups is 1. The molecule has 0 aliphatic carbocycles. The standard InChI is InChI=1S/C23H24F2N4O3S/c1-28-14-11-26-22(28)21(16-5-8-18(24)9-6-16)27-23(30)17-7-10-19(25)20(15-17)33(31,32)29-12-3-2-4-13-29/h5-11,14-15,21H,2-4,12-13H2,1H3,(H,27,30)/t21-/m0/s1. The van der Waals surface area contributed by atoms with Crippen LogP contribution in [0.1, 0.15) is 47.1 Å². The Balaban J connectivity index is 1.66. The highest BCUT2D eigenvalue weighted by molar-refractivity contribution is 7.89. The van der Waals surface area contributed by atoms with Crippen molar-refractivity contribution in [2.75, 3.05) is 13.1 Å². The van der Waals surface area contributed by atoms with Crippen molar-refractivity contribution in [3.05, 3.63) is 83.4 Å². The molecule has 1 atom stereocenters. The van der Waals surface area contributed by atoms with Crippen LogP contribution in [0.4, 0.5) is 8.78 Å². The number of benzene rings is 2. The second-order valence-electron chi connectivity index (χ2n) is 7.96. The summed E-state index contributed by atoms with van der Waals surface area (Å²) in [6, 6.07) is 8.17. The molecular weight excluding hydrogens is 450 g/mol. The molecule has 1 fully saturated rings. The highest BCUT2D eigenvalue weighted by Gasteiger charge is 2.30. The highest BCUT2D eigenvalue weighted by atomic mass is 32.2. The van der Waals surface area contributed by atoms with Gasteiger partial charge in [0.25, 0.3) is 5.91 Å². The number of sulfonamides is 1. The Morgan fingerprint density at radius 1 is 1.06 bits per heavy atom. The van der Waals surface area contributed by atoms with E-state index in [4.69, 9.17) is 0 Å². The van der Waals surface area contributed by atoms with Gasteiger partial charge < -0.3 is 9.88 Å². The normalized spacial score (nSPS) is 15.8. The van der Waals surface area contributed by atoms with Gasteiger partial charge in [-0.25, -0.2) is 22.2 Å². The van der Waals surface area contributed by atoms with Crippen molar-refractivity contribution in [3.63, 3.8) is 0 Å². The van der Waals surface area contributed by atoms with Gasteiger partial charge in [-0.15, -0.1) is 0 Å². The molecule has 1 aliphatic rings. The molecule has 2 heterocycles. The molecule has 1 N–H and O–H groups in total. The van der Waals surface area contributed by atoms with Gasteiger partial charge in [0.15, 0.2) is 0 Å². The number of hydrogen-bond acceptors (Lipinski definition) is 4. The maximum Gasteiger partial charge on any atom is 0.252 e. The van der Waals surface area contributed by atoms with E-state index in [1.54, 1.807) is 24.0 Å². The Labute approximate surface area is 191 Å². The van der Waals surface area contributed by atoms with Gasteiger partial charge in [-0.3, -0.25) is 4.79 Å². The number of aryl methyl sites for hydroxylation is 1. The summed E-state index contributed by atoms with van der Waals surface area (Å²) < 4.78 is 56.9. The van der Waals surface area contributed by atoms with Crippen LogP contribution in [0.15, 0.2) is 59.8 Å². The molecule has 0 radical (unpaired) electrons. The van der Waals surface area contributed by atoms with E-state index in [1.807, 2.05) is 0 Å². The maximum absolute atomic E-state index is 14.5. The number of piperidine rings is 1. The zero-order valence-electron chi connectivity index (χ0n) is 18.0. The second kappa shape index (κ2) is 9.40. The number of imidazole rings is 1. The van der Waals surface area contributed by atoms with Gasteiger partial charge in [-0.1, -0.05) is 18.6 Å². The van der Waals surface area contributed by atoms with Crippen molar-refractivity contribution in [1.29, 1.82) is 0 Å². The van der Waals surface area contributed by atoms with Crippen LogP contribution in [0.25, 0.3) is 0 Å². The third kappa shape index (κ3) is 4.81. The summed E-state index contributed by atoms with van der Waals surface area (Å²) in [5.41, 5.74) is 0.579. The van der Waals surface area contributed by atoms with Crippen LogP contribution in [-0.2, 0) is 17.1 Å². The number of rotatable bonds is 6. The zero-order chi connectivity index (χ0) is 23.6. The van der Waals surface area contributed by atoms with Crippen molar-refractivity contribution in [3.8, 4) is 0 Å². The Morgan fingerprint density at radius 3 is 2.39 bits per heavy atom. The fourth-order valence-corrected chi connectivity index (χ4v) is 5.52. The first-order chi connectivity index (χ1) is 15.8. The van der Waals surface area contributed by atoms with Crippen LogP contribution in [0.5, 0.6) is 0 Å². The SMILES string of the molecule is Cn1ccnc1[C@@H](NC(=O)c1ccc(F)c(S(=O)(=O)N2CCCCC2)c1)c1ccc(F)cc1. The van der Waals surface area contributed by atoms with Gasteiger partial charge in [0.2, 0.25) is 10.0 Å². The van der Waals surface area contributed by atoms with E-state index in [1.165, 1.54) is 34.6 Å². The Bertz CT molecular complexity index is 1250. The van der Waals surface area contributed by atoms with Crippen molar-refractivity contribution < 1.29 is 22.0 Å². The van der Waals surface area contributed by atoms with Crippen LogP contribution in [-0.4, -0.2) is 41.3 Å². The van der Waals surface area contributed by atoms with E-state index >= 15 is 0 Å². The molecule has 0 unspecified atom stereocenters. The van der Waals surface area contributed by atoms with Crippen LogP contribution < -0.4 is 5.32 Å². The minimum absolute atomic E-state index is 0.00620. The average Bonchev–Trinajstić information content (AvgIpc) is 3.24. The lowest BCUT2D eigenvalue weighted by molar-refractivity contribution is 0.0941. The van der Waals surface area contributed by atoms with Crippen LogP contribution >= 0.6 is 0 Å². The summed E-state index contributed by atoms with van der Waals surface area (Å²) in [7, 11) is -2.31. The number of nitrogens with zero attached hydrogens (tertiary/aromatic N) is 3. The monoisotopic (exact) mass is 474 g/mol. The van der Waals surface area contributed by atoms with E-state index in [0.717, 1.165) is 18.6 Å². The molecule has 1 amide bonds. The quantitative estimate of drug-likeness (QED) is 0.594. The van der Waals surface area contributed by atoms with Crippen LogP contribution in [0, 0.1) is 11.6 Å². The lowest BCUT2D eigenvalue weighted by atomic mass is 10.1. The third-order valence-electron chi connectivity index (χ3n) is 5.72. The lowest BCUT2D eigenvalue weighted by Crippen LogP contribution is -2.36. The Morgan fingerprint density at radius 2 is 1.76 bits per heavy atom. The number of amides is 1. The number of hydrogen-bond donors (Lipinski definition) is 1. The predicted molar refractivity (Wildman–Crippen MR) is 118 cm³/mol. The molecule has 1 aliphatic heterocycles. The van der Waals surface area contributed by atoms with Gasteiger partial charge in [0, 0.05) is 38.1 Å². The van der Waals surface area contributed by atoms with Gasteiger partial charge in [0.05, 0.1) is 0 Å². The number of nitrogens with one attached hydrogen (secondary N) is 1. The van der Waals surface area contributed by atoms with Gasteiger partial charge in [0.1, 0.15) is 28.4 Å². The molecule has 0 spiro atoms. The fourth-order valence-electron chi connectivity index (χ4n) is 3.91. The molecule has 3 aromatic rings. The molecule has 1 saturated heterocycles. The molecule has 2 aromatic carbocycles. The van der Waals surface area contributed by atoms with Crippen molar-refractivity contribution in [1.82, 2.24) is 19.2 Å². The molecule has 0 saturated carbocycles. The molecule has 7 nitrogen and oxygen atoms in total. The predicted octanol–water partition coefficient (Wildman–Crippen LogP) is 3.39. The minimum Gasteiger partial charge on any atom is -0.338 e. The molecule has 174 valence electrons. The average molecular weight is 475 g/mol. The van der Waals surface area contributed by atoms with Crippen LogP contribution in [0.2, 0.25) is 0 Å². The Kier molecular flexibility index (Phi) is 6.57.